The number of sulfonamides is 1. The third-order valence-corrected chi connectivity index (χ3v) is 5.63. The van der Waals surface area contributed by atoms with Gasteiger partial charge >= 0.3 is 0 Å². The lowest BCUT2D eigenvalue weighted by molar-refractivity contribution is -0.122. The third kappa shape index (κ3) is 7.56. The Kier molecular flexibility index (Phi) is 8.31. The first-order chi connectivity index (χ1) is 13.7. The van der Waals surface area contributed by atoms with E-state index in [1.165, 1.54) is 0 Å². The van der Waals surface area contributed by atoms with Crippen LogP contribution in [0.4, 0.5) is 0 Å². The number of amides is 1. The van der Waals surface area contributed by atoms with Gasteiger partial charge in [0.05, 0.1) is 26.0 Å². The maximum Gasteiger partial charge on any atom is 0.235 e. The fourth-order valence-corrected chi connectivity index (χ4v) is 3.44. The molecule has 29 heavy (non-hydrogen) atoms. The molecule has 0 radical (unpaired) electrons. The minimum absolute atomic E-state index is 0.0165. The van der Waals surface area contributed by atoms with Gasteiger partial charge in [-0.1, -0.05) is 29.8 Å². The highest BCUT2D eigenvalue weighted by Gasteiger charge is 2.22. The van der Waals surface area contributed by atoms with Crippen molar-refractivity contribution in [2.75, 3.05) is 26.5 Å². The Morgan fingerprint density at radius 2 is 1.76 bits per heavy atom. The van der Waals surface area contributed by atoms with Gasteiger partial charge < -0.3 is 14.8 Å². The summed E-state index contributed by atoms with van der Waals surface area (Å²) in [6.45, 7) is 1.72. The molecular formula is C20H25ClN2O5S. The highest BCUT2D eigenvalue weighted by Crippen LogP contribution is 2.19. The van der Waals surface area contributed by atoms with Gasteiger partial charge in [-0.2, -0.15) is 4.31 Å². The Balaban J connectivity index is 1.90. The zero-order chi connectivity index (χ0) is 21.4. The largest absolute Gasteiger partial charge is 0.497 e. The number of carbonyl (C=O) groups excluding carboxylic acids is 1. The summed E-state index contributed by atoms with van der Waals surface area (Å²) in [7, 11) is -2.02. The van der Waals surface area contributed by atoms with Gasteiger partial charge in [0.25, 0.3) is 0 Å². The molecule has 2 rings (SSSR count). The summed E-state index contributed by atoms with van der Waals surface area (Å²) in [5.41, 5.74) is 0.628. The lowest BCUT2D eigenvalue weighted by atomic mass is 10.2. The molecular weight excluding hydrogens is 416 g/mol. The van der Waals surface area contributed by atoms with Gasteiger partial charge in [-0.25, -0.2) is 8.42 Å². The molecule has 0 bridgehead atoms. The van der Waals surface area contributed by atoms with Crippen molar-refractivity contribution in [1.82, 2.24) is 9.62 Å². The Morgan fingerprint density at radius 3 is 2.34 bits per heavy atom. The van der Waals surface area contributed by atoms with Gasteiger partial charge in [0, 0.05) is 11.6 Å². The first-order valence-electron chi connectivity index (χ1n) is 8.93. The summed E-state index contributed by atoms with van der Waals surface area (Å²) in [5.74, 6) is 0.940. The van der Waals surface area contributed by atoms with Crippen LogP contribution in [0.1, 0.15) is 12.5 Å². The van der Waals surface area contributed by atoms with Crippen LogP contribution in [0.5, 0.6) is 11.5 Å². The Bertz CT molecular complexity index is 919. The zero-order valence-electron chi connectivity index (χ0n) is 16.6. The van der Waals surface area contributed by atoms with E-state index < -0.39 is 15.9 Å². The summed E-state index contributed by atoms with van der Waals surface area (Å²) in [5, 5.41) is 3.19. The Hall–Kier alpha value is -2.29. The van der Waals surface area contributed by atoms with Crippen LogP contribution in [0, 0.1) is 0 Å². The number of hydrogen-bond donors (Lipinski definition) is 1. The Labute approximate surface area is 176 Å². The summed E-state index contributed by atoms with van der Waals surface area (Å²) < 4.78 is 36.0. The van der Waals surface area contributed by atoms with Crippen LogP contribution in [0.3, 0.4) is 0 Å². The maximum atomic E-state index is 12.4. The van der Waals surface area contributed by atoms with E-state index in [-0.39, 0.29) is 25.7 Å². The van der Waals surface area contributed by atoms with Crippen molar-refractivity contribution in [3.63, 3.8) is 0 Å². The minimum atomic E-state index is -3.60. The number of ether oxygens (including phenoxy) is 2. The van der Waals surface area contributed by atoms with Crippen LogP contribution in [0.15, 0.2) is 48.5 Å². The summed E-state index contributed by atoms with van der Waals surface area (Å²) in [6.07, 6.45) is 1.06. The number of methoxy groups -OCH3 is 1. The van der Waals surface area contributed by atoms with Gasteiger partial charge in [0.15, 0.2) is 0 Å². The molecule has 0 aliphatic carbocycles. The quantitative estimate of drug-likeness (QED) is 0.614. The molecule has 2 aromatic carbocycles. The summed E-state index contributed by atoms with van der Waals surface area (Å²) >= 11 is 6.11. The molecule has 9 heteroatoms. The van der Waals surface area contributed by atoms with Crippen LogP contribution in [-0.2, 0) is 21.4 Å². The molecule has 0 saturated carbocycles. The third-order valence-electron chi connectivity index (χ3n) is 4.06. The average Bonchev–Trinajstić information content (AvgIpc) is 2.67. The lowest BCUT2D eigenvalue weighted by Crippen LogP contribution is -2.44. The highest BCUT2D eigenvalue weighted by atomic mass is 35.5. The molecule has 7 nitrogen and oxygen atoms in total. The van der Waals surface area contributed by atoms with E-state index in [0.717, 1.165) is 16.3 Å². The first kappa shape index (κ1) is 23.0. The summed E-state index contributed by atoms with van der Waals surface area (Å²) in [4.78, 5) is 12.4. The van der Waals surface area contributed by atoms with Crippen LogP contribution in [0.25, 0.3) is 0 Å². The smallest absolute Gasteiger partial charge is 0.235 e. The predicted octanol–water partition coefficient (Wildman–Crippen LogP) is 2.69. The molecule has 1 N–H and O–H groups in total. The van der Waals surface area contributed by atoms with E-state index in [4.69, 9.17) is 21.1 Å². The highest BCUT2D eigenvalue weighted by molar-refractivity contribution is 7.88. The fourth-order valence-electron chi connectivity index (χ4n) is 2.52. The van der Waals surface area contributed by atoms with Crippen LogP contribution in [-0.4, -0.2) is 51.2 Å². The van der Waals surface area contributed by atoms with Gasteiger partial charge in [-0.15, -0.1) is 0 Å². The van der Waals surface area contributed by atoms with Crippen molar-refractivity contribution in [2.24, 2.45) is 0 Å². The van der Waals surface area contributed by atoms with Crippen LogP contribution >= 0.6 is 11.6 Å². The molecule has 0 aliphatic heterocycles. The van der Waals surface area contributed by atoms with Crippen molar-refractivity contribution in [3.05, 3.63) is 59.1 Å². The number of rotatable bonds is 10. The van der Waals surface area contributed by atoms with Crippen molar-refractivity contribution in [3.8, 4) is 11.5 Å². The molecule has 1 amide bonds. The molecule has 2 aromatic rings. The molecule has 0 spiro atoms. The maximum absolute atomic E-state index is 12.4. The predicted molar refractivity (Wildman–Crippen MR) is 113 cm³/mol. The van der Waals surface area contributed by atoms with E-state index in [2.05, 4.69) is 5.32 Å². The van der Waals surface area contributed by atoms with Gasteiger partial charge in [-0.05, 0) is 42.8 Å². The van der Waals surface area contributed by atoms with Crippen molar-refractivity contribution >= 4 is 27.5 Å². The van der Waals surface area contributed by atoms with Crippen molar-refractivity contribution in [1.29, 1.82) is 0 Å². The Morgan fingerprint density at radius 1 is 1.14 bits per heavy atom. The van der Waals surface area contributed by atoms with E-state index in [1.54, 1.807) is 62.6 Å². The topological polar surface area (TPSA) is 84.9 Å². The SMILES string of the molecule is COc1ccc(OC[C@@H](C)NC(=O)CN(Cc2ccccc2Cl)S(C)(=O)=O)cc1. The van der Waals surface area contributed by atoms with Crippen LogP contribution < -0.4 is 14.8 Å². The number of hydrogen-bond acceptors (Lipinski definition) is 5. The van der Waals surface area contributed by atoms with E-state index in [1.807, 2.05) is 0 Å². The second-order valence-electron chi connectivity index (χ2n) is 6.58. The van der Waals surface area contributed by atoms with Gasteiger partial charge in [-0.3, -0.25) is 4.79 Å². The standard InChI is InChI=1S/C20H25ClN2O5S/c1-15(14-28-18-10-8-17(27-2)9-11-18)22-20(24)13-23(29(3,25)26)12-16-6-4-5-7-19(16)21/h4-11,15H,12-14H2,1-3H3,(H,22,24)/t15-/m1/s1. The average molecular weight is 441 g/mol. The van der Waals surface area contributed by atoms with E-state index in [9.17, 15) is 13.2 Å². The van der Waals surface area contributed by atoms with Crippen molar-refractivity contribution < 1.29 is 22.7 Å². The molecule has 0 heterocycles. The molecule has 0 aromatic heterocycles. The summed E-state index contributed by atoms with van der Waals surface area (Å²) in [6, 6.07) is 13.7. The number of nitrogens with zero attached hydrogens (tertiary/aromatic N) is 1. The first-order valence-corrected chi connectivity index (χ1v) is 11.2. The van der Waals surface area contributed by atoms with Gasteiger partial charge in [0.1, 0.15) is 18.1 Å². The normalized spacial score (nSPS) is 12.4. The van der Waals surface area contributed by atoms with Crippen LogP contribution in [0.2, 0.25) is 5.02 Å². The van der Waals surface area contributed by atoms with Crippen molar-refractivity contribution in [2.45, 2.75) is 19.5 Å². The molecule has 1 atom stereocenters. The van der Waals surface area contributed by atoms with E-state index >= 15 is 0 Å². The fraction of sp³-hybridized carbons (Fsp3) is 0.350. The van der Waals surface area contributed by atoms with E-state index in [0.29, 0.717) is 16.3 Å². The molecule has 0 aliphatic rings. The second-order valence-corrected chi connectivity index (χ2v) is 8.97. The number of benzene rings is 2. The zero-order valence-corrected chi connectivity index (χ0v) is 18.2. The molecule has 0 saturated heterocycles. The minimum Gasteiger partial charge on any atom is -0.497 e. The molecule has 0 unspecified atom stereocenters. The number of nitrogens with one attached hydrogen (secondary N) is 1. The van der Waals surface area contributed by atoms with Gasteiger partial charge in [0.2, 0.25) is 15.9 Å². The lowest BCUT2D eigenvalue weighted by Gasteiger charge is -2.22. The number of halogens is 1. The number of carbonyl (C=O) groups is 1. The second kappa shape index (κ2) is 10.5. The molecule has 158 valence electrons. The molecule has 0 fully saturated rings. The monoisotopic (exact) mass is 440 g/mol.